The van der Waals surface area contributed by atoms with Crippen LogP contribution in [0, 0.1) is 11.8 Å². The van der Waals surface area contributed by atoms with E-state index in [0.717, 1.165) is 11.1 Å². The summed E-state index contributed by atoms with van der Waals surface area (Å²) in [4.78, 5) is 12.6. The molecule has 0 radical (unpaired) electrons. The minimum atomic E-state index is -0.471. The van der Waals surface area contributed by atoms with Crippen molar-refractivity contribution in [2.75, 3.05) is 20.8 Å². The lowest BCUT2D eigenvalue weighted by molar-refractivity contribution is -0.148. The van der Waals surface area contributed by atoms with Gasteiger partial charge in [0, 0.05) is 5.92 Å². The fourth-order valence-electron chi connectivity index (χ4n) is 3.87. The van der Waals surface area contributed by atoms with E-state index in [0.29, 0.717) is 18.1 Å². The average molecular weight is 372 g/mol. The Kier molecular flexibility index (Phi) is 4.31. The fourth-order valence-corrected chi connectivity index (χ4v) is 3.87. The molecule has 2 saturated heterocycles. The van der Waals surface area contributed by atoms with Gasteiger partial charge in [-0.25, -0.2) is 0 Å². The largest absolute Gasteiger partial charge is 0.504 e. The van der Waals surface area contributed by atoms with Crippen LogP contribution in [0.5, 0.6) is 23.0 Å². The van der Waals surface area contributed by atoms with Crippen LogP contribution < -0.4 is 9.47 Å². The lowest BCUT2D eigenvalue weighted by Crippen LogP contribution is -2.17. The van der Waals surface area contributed by atoms with E-state index in [9.17, 15) is 15.0 Å². The summed E-state index contributed by atoms with van der Waals surface area (Å²) >= 11 is 0. The van der Waals surface area contributed by atoms with Crippen LogP contribution >= 0.6 is 0 Å². The van der Waals surface area contributed by atoms with E-state index < -0.39 is 18.1 Å². The SMILES string of the molecule is COc1cc([C@H]2OC(=O)[C@@H]3[C@@H]2CO[C@@H]3c2ccc(O)c(OC)c2)ccc1O. The van der Waals surface area contributed by atoms with E-state index in [1.165, 1.54) is 26.4 Å². The summed E-state index contributed by atoms with van der Waals surface area (Å²) in [5.74, 6) is -0.235. The number of ether oxygens (including phenoxy) is 4. The lowest BCUT2D eigenvalue weighted by Gasteiger charge is -2.16. The third kappa shape index (κ3) is 2.84. The third-order valence-corrected chi connectivity index (χ3v) is 5.22. The van der Waals surface area contributed by atoms with Crippen molar-refractivity contribution in [3.63, 3.8) is 0 Å². The first-order valence-electron chi connectivity index (χ1n) is 8.59. The van der Waals surface area contributed by atoms with Crippen molar-refractivity contribution in [3.05, 3.63) is 47.5 Å². The summed E-state index contributed by atoms with van der Waals surface area (Å²) in [7, 11) is 2.93. The molecule has 142 valence electrons. The minimum Gasteiger partial charge on any atom is -0.504 e. The van der Waals surface area contributed by atoms with Crippen LogP contribution in [0.2, 0.25) is 0 Å². The number of rotatable bonds is 4. The highest BCUT2D eigenvalue weighted by Crippen LogP contribution is 2.52. The standard InChI is InChI=1S/C20H20O7/c1-24-15-7-10(3-5-13(15)21)18-12-9-26-19(17(12)20(23)27-18)11-4-6-14(22)16(8-11)25-2/h3-8,12,17-19,21-22H,9H2,1-2H3/t12-,17+,18+,19+/m0/s1. The van der Waals surface area contributed by atoms with Gasteiger partial charge in [-0.15, -0.1) is 0 Å². The van der Waals surface area contributed by atoms with Crippen LogP contribution in [0.3, 0.4) is 0 Å². The van der Waals surface area contributed by atoms with Crippen molar-refractivity contribution in [1.29, 1.82) is 0 Å². The van der Waals surface area contributed by atoms with Gasteiger partial charge in [-0.05, 0) is 35.4 Å². The van der Waals surface area contributed by atoms with Gasteiger partial charge in [-0.3, -0.25) is 4.79 Å². The number of carbonyl (C=O) groups is 1. The molecule has 2 N–H and O–H groups in total. The van der Waals surface area contributed by atoms with E-state index in [2.05, 4.69) is 0 Å². The molecule has 0 spiro atoms. The van der Waals surface area contributed by atoms with Gasteiger partial charge in [-0.1, -0.05) is 12.1 Å². The molecule has 2 aromatic rings. The molecule has 7 nitrogen and oxygen atoms in total. The molecule has 4 atom stereocenters. The number of methoxy groups -OCH3 is 2. The molecule has 2 heterocycles. The highest BCUT2D eigenvalue weighted by molar-refractivity contribution is 5.77. The quantitative estimate of drug-likeness (QED) is 0.797. The zero-order chi connectivity index (χ0) is 19.1. The van der Waals surface area contributed by atoms with E-state index in [1.807, 2.05) is 0 Å². The van der Waals surface area contributed by atoms with Crippen molar-refractivity contribution in [2.24, 2.45) is 11.8 Å². The number of aromatic hydroxyl groups is 2. The molecule has 27 heavy (non-hydrogen) atoms. The number of carbonyl (C=O) groups excluding carboxylic acids is 1. The van der Waals surface area contributed by atoms with Crippen LogP contribution in [-0.2, 0) is 14.3 Å². The molecule has 0 aromatic heterocycles. The Morgan fingerprint density at radius 3 is 2.04 bits per heavy atom. The zero-order valence-corrected chi connectivity index (χ0v) is 14.9. The molecule has 0 bridgehead atoms. The molecular weight excluding hydrogens is 352 g/mol. The Labute approximate surface area is 156 Å². The second-order valence-electron chi connectivity index (χ2n) is 6.66. The molecular formula is C20H20O7. The van der Waals surface area contributed by atoms with E-state index in [-0.39, 0.29) is 23.4 Å². The van der Waals surface area contributed by atoms with Gasteiger partial charge < -0.3 is 29.2 Å². The normalized spacial score (nSPS) is 26.5. The van der Waals surface area contributed by atoms with E-state index in [4.69, 9.17) is 18.9 Å². The number of esters is 1. The van der Waals surface area contributed by atoms with Gasteiger partial charge >= 0.3 is 5.97 Å². The summed E-state index contributed by atoms with van der Waals surface area (Å²) in [5, 5.41) is 19.6. The summed E-state index contributed by atoms with van der Waals surface area (Å²) in [5.41, 5.74) is 1.50. The van der Waals surface area contributed by atoms with Crippen molar-refractivity contribution in [2.45, 2.75) is 12.2 Å². The highest BCUT2D eigenvalue weighted by atomic mass is 16.6. The van der Waals surface area contributed by atoms with Crippen LogP contribution in [-0.4, -0.2) is 37.0 Å². The van der Waals surface area contributed by atoms with E-state index >= 15 is 0 Å². The van der Waals surface area contributed by atoms with Crippen molar-refractivity contribution in [3.8, 4) is 23.0 Å². The summed E-state index contributed by atoms with van der Waals surface area (Å²) in [6, 6.07) is 9.82. The third-order valence-electron chi connectivity index (χ3n) is 5.22. The number of cyclic esters (lactones) is 1. The molecule has 4 rings (SSSR count). The van der Waals surface area contributed by atoms with Crippen molar-refractivity contribution < 1.29 is 34.0 Å². The summed E-state index contributed by atoms with van der Waals surface area (Å²) in [6.45, 7) is 0.359. The predicted molar refractivity (Wildman–Crippen MR) is 93.8 cm³/mol. The van der Waals surface area contributed by atoms with Crippen molar-refractivity contribution >= 4 is 5.97 Å². The fraction of sp³-hybridized carbons (Fsp3) is 0.350. The Morgan fingerprint density at radius 1 is 0.926 bits per heavy atom. The Hall–Kier alpha value is -2.93. The topological polar surface area (TPSA) is 94.5 Å². The number of phenols is 2. The van der Waals surface area contributed by atoms with Gasteiger partial charge in [0.1, 0.15) is 6.10 Å². The maximum atomic E-state index is 12.6. The maximum Gasteiger partial charge on any atom is 0.313 e. The highest BCUT2D eigenvalue weighted by Gasteiger charge is 2.54. The lowest BCUT2D eigenvalue weighted by atomic mass is 9.84. The Morgan fingerprint density at radius 2 is 1.48 bits per heavy atom. The average Bonchev–Trinajstić information content (AvgIpc) is 3.24. The first-order chi connectivity index (χ1) is 13.0. The number of hydrogen-bond acceptors (Lipinski definition) is 7. The van der Waals surface area contributed by atoms with E-state index in [1.54, 1.807) is 24.3 Å². The molecule has 0 saturated carbocycles. The zero-order valence-electron chi connectivity index (χ0n) is 14.9. The van der Waals surface area contributed by atoms with Crippen LogP contribution in [0.25, 0.3) is 0 Å². The number of phenolic OH excluding ortho intramolecular Hbond substituents is 2. The number of benzene rings is 2. The summed E-state index contributed by atoms with van der Waals surface area (Å²) < 4.78 is 21.9. The predicted octanol–water partition coefficient (Wildman–Crippen LogP) is 2.72. The maximum absolute atomic E-state index is 12.6. The Bertz CT molecular complexity index is 827. The minimum absolute atomic E-state index is 0.0267. The van der Waals surface area contributed by atoms with Crippen molar-refractivity contribution in [1.82, 2.24) is 0 Å². The molecule has 0 unspecified atom stereocenters. The molecule has 7 heteroatoms. The first-order valence-corrected chi connectivity index (χ1v) is 8.59. The molecule has 2 aliphatic rings. The van der Waals surface area contributed by atoms with Gasteiger partial charge in [0.15, 0.2) is 23.0 Å². The summed E-state index contributed by atoms with van der Waals surface area (Å²) in [6.07, 6.45) is -0.943. The van der Waals surface area contributed by atoms with Crippen LogP contribution in [0.4, 0.5) is 0 Å². The first kappa shape index (κ1) is 17.5. The van der Waals surface area contributed by atoms with Gasteiger partial charge in [0.05, 0.1) is 32.8 Å². The molecule has 2 fully saturated rings. The van der Waals surface area contributed by atoms with Crippen LogP contribution in [0.1, 0.15) is 23.3 Å². The molecule has 0 amide bonds. The van der Waals surface area contributed by atoms with Gasteiger partial charge in [0.25, 0.3) is 0 Å². The number of hydrogen-bond donors (Lipinski definition) is 2. The van der Waals surface area contributed by atoms with Crippen LogP contribution in [0.15, 0.2) is 36.4 Å². The monoisotopic (exact) mass is 372 g/mol. The number of fused-ring (bicyclic) bond motifs is 1. The molecule has 0 aliphatic carbocycles. The van der Waals surface area contributed by atoms with Gasteiger partial charge in [-0.2, -0.15) is 0 Å². The van der Waals surface area contributed by atoms with Gasteiger partial charge in [0.2, 0.25) is 0 Å². The Balaban J connectivity index is 1.64. The molecule has 2 aromatic carbocycles. The second kappa shape index (κ2) is 6.66. The molecule has 2 aliphatic heterocycles. The second-order valence-corrected chi connectivity index (χ2v) is 6.66. The smallest absolute Gasteiger partial charge is 0.313 e.